The predicted molar refractivity (Wildman–Crippen MR) is 129 cm³/mol. The Labute approximate surface area is 207 Å². The number of Topliss-reactive ketones (excluding diaryl/α,β-unsaturated/α-hetero) is 1. The van der Waals surface area contributed by atoms with E-state index in [2.05, 4.69) is 0 Å². The van der Waals surface area contributed by atoms with Crippen LogP contribution in [0.3, 0.4) is 0 Å². The average Bonchev–Trinajstić information content (AvgIpc) is 3.40. The van der Waals surface area contributed by atoms with Crippen molar-refractivity contribution >= 4 is 23.3 Å². The molecule has 7 nitrogen and oxygen atoms in total. The molecule has 1 amide bonds. The number of fused-ring (bicyclic) bond motifs is 1. The molecule has 0 aromatic heterocycles. The number of ether oxygens (including phenoxy) is 3. The first-order valence-electron chi connectivity index (χ1n) is 11.7. The van der Waals surface area contributed by atoms with Crippen LogP contribution in [-0.4, -0.2) is 37.4 Å². The summed E-state index contributed by atoms with van der Waals surface area (Å²) in [5.74, 6) is 0.481. The fourth-order valence-electron chi connectivity index (χ4n) is 4.63. The van der Waals surface area contributed by atoms with Gasteiger partial charge in [0, 0.05) is 36.6 Å². The number of anilines is 1. The highest BCUT2D eigenvalue weighted by Gasteiger charge is 2.36. The molecular weight excluding hydrogens is 465 g/mol. The lowest BCUT2D eigenvalue weighted by molar-refractivity contribution is -0.141. The molecule has 1 fully saturated rings. The molecule has 0 saturated carbocycles. The number of amides is 1. The third-order valence-electron chi connectivity index (χ3n) is 6.47. The van der Waals surface area contributed by atoms with E-state index in [1.807, 2.05) is 12.1 Å². The lowest BCUT2D eigenvalue weighted by Crippen LogP contribution is -2.32. The van der Waals surface area contributed by atoms with Crippen LogP contribution in [0.2, 0.25) is 0 Å². The number of nitrogens with zero attached hydrogens (tertiary/aromatic N) is 1. The fourth-order valence-corrected chi connectivity index (χ4v) is 4.63. The second-order valence-electron chi connectivity index (χ2n) is 8.79. The van der Waals surface area contributed by atoms with Gasteiger partial charge in [-0.1, -0.05) is 6.07 Å². The zero-order valence-corrected chi connectivity index (χ0v) is 19.6. The van der Waals surface area contributed by atoms with E-state index in [1.54, 1.807) is 35.2 Å². The summed E-state index contributed by atoms with van der Waals surface area (Å²) in [5, 5.41) is 0. The Bertz CT molecular complexity index is 1300. The smallest absolute Gasteiger partial charge is 0.306 e. The van der Waals surface area contributed by atoms with Crippen molar-refractivity contribution in [1.29, 1.82) is 0 Å². The van der Waals surface area contributed by atoms with Gasteiger partial charge >= 0.3 is 5.97 Å². The minimum atomic E-state index is -0.648. The molecule has 0 spiro atoms. The molecule has 0 radical (unpaired) electrons. The first-order valence-corrected chi connectivity index (χ1v) is 11.7. The second-order valence-corrected chi connectivity index (χ2v) is 8.79. The maximum absolute atomic E-state index is 13.1. The first kappa shape index (κ1) is 23.5. The highest BCUT2D eigenvalue weighted by molar-refractivity contribution is 6.05. The van der Waals surface area contributed by atoms with Crippen molar-refractivity contribution in [2.24, 2.45) is 0 Å². The van der Waals surface area contributed by atoms with Crippen molar-refractivity contribution in [3.63, 3.8) is 0 Å². The summed E-state index contributed by atoms with van der Waals surface area (Å²) in [7, 11) is 1.33. The summed E-state index contributed by atoms with van der Waals surface area (Å²) in [6.07, 6.45) is 0.266. The zero-order chi connectivity index (χ0) is 25.2. The maximum atomic E-state index is 13.1. The van der Waals surface area contributed by atoms with Crippen molar-refractivity contribution in [2.45, 2.75) is 31.3 Å². The quantitative estimate of drug-likeness (QED) is 0.433. The summed E-state index contributed by atoms with van der Waals surface area (Å²) in [4.78, 5) is 38.9. The van der Waals surface area contributed by atoms with Crippen molar-refractivity contribution in [3.05, 3.63) is 83.7 Å². The van der Waals surface area contributed by atoms with E-state index in [-0.39, 0.29) is 42.2 Å². The van der Waals surface area contributed by atoms with Crippen molar-refractivity contribution in [3.8, 4) is 17.2 Å². The summed E-state index contributed by atoms with van der Waals surface area (Å²) >= 11 is 0. The van der Waals surface area contributed by atoms with Crippen LogP contribution < -0.4 is 14.4 Å². The highest BCUT2D eigenvalue weighted by atomic mass is 19.1. The van der Waals surface area contributed by atoms with Gasteiger partial charge in [-0.2, -0.15) is 0 Å². The third-order valence-corrected chi connectivity index (χ3v) is 6.47. The van der Waals surface area contributed by atoms with Crippen LogP contribution in [-0.2, 0) is 14.3 Å². The van der Waals surface area contributed by atoms with Gasteiger partial charge in [0.25, 0.3) is 5.91 Å². The van der Waals surface area contributed by atoms with Gasteiger partial charge in [0.1, 0.15) is 23.1 Å². The number of carbonyl (C=O) groups excluding carboxylic acids is 3. The number of ketones is 1. The predicted octanol–water partition coefficient (Wildman–Crippen LogP) is 5.04. The Hall–Kier alpha value is -4.20. The van der Waals surface area contributed by atoms with Gasteiger partial charge in [0.05, 0.1) is 13.5 Å². The summed E-state index contributed by atoms with van der Waals surface area (Å²) in [6.45, 7) is 0.466. The topological polar surface area (TPSA) is 82.1 Å². The molecule has 2 atom stereocenters. The minimum Gasteiger partial charge on any atom is -0.481 e. The largest absolute Gasteiger partial charge is 0.481 e. The lowest BCUT2D eigenvalue weighted by Gasteiger charge is -2.19. The number of rotatable bonds is 7. The van der Waals surface area contributed by atoms with Crippen molar-refractivity contribution < 1.29 is 33.0 Å². The molecule has 3 aromatic carbocycles. The molecule has 0 bridgehead atoms. The van der Waals surface area contributed by atoms with Gasteiger partial charge in [0.15, 0.2) is 11.9 Å². The van der Waals surface area contributed by atoms with E-state index >= 15 is 0 Å². The third kappa shape index (κ3) is 4.79. The van der Waals surface area contributed by atoms with Crippen LogP contribution in [0.4, 0.5) is 10.1 Å². The summed E-state index contributed by atoms with van der Waals surface area (Å²) in [5.41, 5.74) is 2.01. The van der Waals surface area contributed by atoms with E-state index in [1.165, 1.54) is 31.4 Å². The van der Waals surface area contributed by atoms with Crippen LogP contribution in [0.25, 0.3) is 0 Å². The van der Waals surface area contributed by atoms with Crippen LogP contribution in [0.5, 0.6) is 17.2 Å². The maximum Gasteiger partial charge on any atom is 0.306 e. The monoisotopic (exact) mass is 489 g/mol. The average molecular weight is 489 g/mol. The van der Waals surface area contributed by atoms with Crippen molar-refractivity contribution in [2.75, 3.05) is 18.6 Å². The lowest BCUT2D eigenvalue weighted by atomic mass is 9.97. The number of methoxy groups -OCH3 is 1. The second kappa shape index (κ2) is 9.81. The Balaban J connectivity index is 1.23. The standard InChI is InChI=1S/C28H24FNO6/c1-34-27(32)15-17-14-25(31)24-16-19(4-11-23(17)24)30-13-12-26(28(30)33)36-22-9-7-21(8-10-22)35-20-5-2-18(29)3-6-20/h2-11,16-17,26H,12-15H2,1H3/t17?,26-/m1/s1. The van der Waals surface area contributed by atoms with Crippen LogP contribution in [0, 0.1) is 5.82 Å². The molecule has 1 unspecified atom stereocenters. The molecule has 1 saturated heterocycles. The normalized spacial score (nSPS) is 18.8. The van der Waals surface area contributed by atoms with Gasteiger partial charge in [-0.15, -0.1) is 0 Å². The Morgan fingerprint density at radius 3 is 2.33 bits per heavy atom. The molecule has 2 aliphatic rings. The Kier molecular flexibility index (Phi) is 6.41. The van der Waals surface area contributed by atoms with E-state index < -0.39 is 6.10 Å². The zero-order valence-electron chi connectivity index (χ0n) is 19.6. The van der Waals surface area contributed by atoms with Gasteiger partial charge in [0.2, 0.25) is 0 Å². The van der Waals surface area contributed by atoms with Gasteiger partial charge in [-0.05, 0) is 66.2 Å². The van der Waals surface area contributed by atoms with E-state index in [4.69, 9.17) is 14.2 Å². The number of hydrogen-bond donors (Lipinski definition) is 0. The Morgan fingerprint density at radius 1 is 0.972 bits per heavy atom. The van der Waals surface area contributed by atoms with E-state index in [9.17, 15) is 18.8 Å². The molecule has 8 heteroatoms. The van der Waals surface area contributed by atoms with Crippen LogP contribution in [0.1, 0.15) is 41.1 Å². The molecule has 1 aliphatic heterocycles. The fraction of sp³-hybridized carbons (Fsp3) is 0.250. The molecule has 3 aromatic rings. The van der Waals surface area contributed by atoms with Crippen LogP contribution in [0.15, 0.2) is 66.7 Å². The Morgan fingerprint density at radius 2 is 1.64 bits per heavy atom. The highest BCUT2D eigenvalue weighted by Crippen LogP contribution is 2.38. The molecule has 1 heterocycles. The molecule has 5 rings (SSSR count). The number of carbonyl (C=O) groups is 3. The molecule has 184 valence electrons. The molecule has 0 N–H and O–H groups in total. The van der Waals surface area contributed by atoms with E-state index in [0.717, 1.165) is 5.56 Å². The molecule has 36 heavy (non-hydrogen) atoms. The van der Waals surface area contributed by atoms with Gasteiger partial charge in [-0.3, -0.25) is 14.4 Å². The van der Waals surface area contributed by atoms with Gasteiger partial charge < -0.3 is 19.1 Å². The summed E-state index contributed by atoms with van der Waals surface area (Å²) in [6, 6.07) is 17.9. The SMILES string of the molecule is COC(=O)CC1CC(=O)c2cc(N3CC[C@@H](Oc4ccc(Oc5ccc(F)cc5)cc4)C3=O)ccc21. The molecule has 1 aliphatic carbocycles. The van der Waals surface area contributed by atoms with Crippen LogP contribution >= 0.6 is 0 Å². The first-order chi connectivity index (χ1) is 17.4. The number of halogens is 1. The number of hydrogen-bond acceptors (Lipinski definition) is 6. The number of benzene rings is 3. The van der Waals surface area contributed by atoms with Crippen molar-refractivity contribution in [1.82, 2.24) is 0 Å². The van der Waals surface area contributed by atoms with Gasteiger partial charge in [-0.25, -0.2) is 4.39 Å². The minimum absolute atomic E-state index is 0.0388. The molecular formula is C28H24FNO6. The summed E-state index contributed by atoms with van der Waals surface area (Å²) < 4.78 is 29.4. The number of esters is 1. The van der Waals surface area contributed by atoms with E-state index in [0.29, 0.717) is 41.5 Å².